The lowest BCUT2D eigenvalue weighted by Crippen LogP contribution is -2.46. The van der Waals surface area contributed by atoms with Crippen molar-refractivity contribution in [1.29, 1.82) is 0 Å². The van der Waals surface area contributed by atoms with Crippen molar-refractivity contribution in [3.8, 4) is 11.5 Å². The van der Waals surface area contributed by atoms with Gasteiger partial charge in [0, 0.05) is 44.3 Å². The molecule has 0 amide bonds. The number of halogens is 1. The number of ether oxygens (including phenoxy) is 3. The molecular weight excluding hydrogens is 479 g/mol. The number of aromatic nitrogens is 2. The molecule has 1 fully saturated rings. The number of carbonyl (C=O) groups excluding carboxylic acids is 1. The third-order valence-corrected chi connectivity index (χ3v) is 6.82. The SMILES string of the molecule is CCOC(=O)c1cn(C)c2nc3cc(N4CCNC(c5ccc6c(c5)OCO6)C4)c(F)cc3cc2c1=O. The number of nitrogens with zero attached hydrogens (tertiary/aromatic N) is 3. The number of hydrogen-bond donors (Lipinski definition) is 1. The number of aryl methyl sites for hydroxylation is 1. The number of rotatable bonds is 4. The van der Waals surface area contributed by atoms with Gasteiger partial charge in [0.05, 0.1) is 23.2 Å². The zero-order valence-electron chi connectivity index (χ0n) is 20.4. The fourth-order valence-electron chi connectivity index (χ4n) is 4.99. The normalized spacial score (nSPS) is 16.9. The van der Waals surface area contributed by atoms with E-state index >= 15 is 4.39 Å². The summed E-state index contributed by atoms with van der Waals surface area (Å²) in [5.74, 6) is 0.334. The molecule has 1 saturated heterocycles. The number of esters is 1. The molecule has 0 aliphatic carbocycles. The Bertz CT molecular complexity index is 1620. The van der Waals surface area contributed by atoms with Crippen LogP contribution in [0.2, 0.25) is 0 Å². The van der Waals surface area contributed by atoms with Gasteiger partial charge in [0.25, 0.3) is 0 Å². The molecule has 2 aliphatic rings. The van der Waals surface area contributed by atoms with Crippen LogP contribution in [0.25, 0.3) is 21.9 Å². The minimum Gasteiger partial charge on any atom is -0.462 e. The Morgan fingerprint density at radius 2 is 2.05 bits per heavy atom. The molecule has 10 heteroatoms. The Kier molecular flexibility index (Phi) is 5.68. The number of anilines is 1. The number of carbonyl (C=O) groups is 1. The lowest BCUT2D eigenvalue weighted by molar-refractivity contribution is 0.0524. The molecule has 4 heterocycles. The first-order chi connectivity index (χ1) is 17.9. The molecule has 2 aromatic heterocycles. The molecule has 0 radical (unpaired) electrons. The Balaban J connectivity index is 1.37. The first kappa shape index (κ1) is 23.2. The highest BCUT2D eigenvalue weighted by molar-refractivity contribution is 5.97. The van der Waals surface area contributed by atoms with E-state index in [1.165, 1.54) is 12.3 Å². The summed E-state index contributed by atoms with van der Waals surface area (Å²) >= 11 is 0. The highest BCUT2D eigenvalue weighted by Gasteiger charge is 2.26. The molecule has 0 bridgehead atoms. The Morgan fingerprint density at radius 3 is 2.89 bits per heavy atom. The third-order valence-electron chi connectivity index (χ3n) is 6.82. The van der Waals surface area contributed by atoms with E-state index in [2.05, 4.69) is 10.3 Å². The van der Waals surface area contributed by atoms with E-state index in [9.17, 15) is 9.59 Å². The van der Waals surface area contributed by atoms with Crippen molar-refractivity contribution in [2.75, 3.05) is 37.9 Å². The molecule has 1 atom stereocenters. The summed E-state index contributed by atoms with van der Waals surface area (Å²) < 4.78 is 33.0. The van der Waals surface area contributed by atoms with Gasteiger partial charge in [0.1, 0.15) is 17.0 Å². The van der Waals surface area contributed by atoms with Gasteiger partial charge in [-0.3, -0.25) is 4.79 Å². The van der Waals surface area contributed by atoms with Gasteiger partial charge < -0.3 is 29.0 Å². The molecule has 190 valence electrons. The maximum Gasteiger partial charge on any atom is 0.343 e. The standard InChI is InChI=1S/C27H25FN4O5/c1-3-35-27(34)18-12-31(2)26-17(25(18)33)8-16-9-19(28)22(11-20(16)30-26)32-7-6-29-21(13-32)15-4-5-23-24(10-15)37-14-36-23/h4-5,8-12,21,29H,3,6-7,13-14H2,1-2H3. The molecule has 37 heavy (non-hydrogen) atoms. The second kappa shape index (κ2) is 9.04. The number of piperazine rings is 1. The van der Waals surface area contributed by atoms with Crippen molar-refractivity contribution >= 4 is 33.6 Å². The summed E-state index contributed by atoms with van der Waals surface area (Å²) in [6, 6.07) is 10.5. The second-order valence-electron chi connectivity index (χ2n) is 9.12. The number of fused-ring (bicyclic) bond motifs is 3. The zero-order valence-corrected chi connectivity index (χ0v) is 20.4. The first-order valence-electron chi connectivity index (χ1n) is 12.1. The van der Waals surface area contributed by atoms with Crippen LogP contribution in [0.15, 0.2) is 47.4 Å². The number of pyridine rings is 2. The van der Waals surface area contributed by atoms with Crippen LogP contribution in [-0.4, -0.2) is 48.6 Å². The van der Waals surface area contributed by atoms with Crippen LogP contribution in [0.4, 0.5) is 10.1 Å². The largest absolute Gasteiger partial charge is 0.462 e. The lowest BCUT2D eigenvalue weighted by atomic mass is 10.0. The van der Waals surface area contributed by atoms with Crippen molar-refractivity contribution < 1.29 is 23.4 Å². The van der Waals surface area contributed by atoms with Crippen molar-refractivity contribution in [1.82, 2.24) is 14.9 Å². The minimum atomic E-state index is -0.692. The van der Waals surface area contributed by atoms with Crippen LogP contribution < -0.4 is 25.1 Å². The Hall–Kier alpha value is -4.18. The Labute approximate surface area is 211 Å². The van der Waals surface area contributed by atoms with Crippen molar-refractivity contribution in [3.05, 3.63) is 69.8 Å². The number of nitrogens with one attached hydrogen (secondary N) is 1. The summed E-state index contributed by atoms with van der Waals surface area (Å²) in [5, 5.41) is 4.21. The topological polar surface area (TPSA) is 94.9 Å². The molecule has 0 saturated carbocycles. The summed E-state index contributed by atoms with van der Waals surface area (Å²) in [4.78, 5) is 31.9. The van der Waals surface area contributed by atoms with Crippen LogP contribution in [0.5, 0.6) is 11.5 Å². The van der Waals surface area contributed by atoms with Crippen LogP contribution in [-0.2, 0) is 11.8 Å². The molecule has 1 unspecified atom stereocenters. The molecule has 9 nitrogen and oxygen atoms in total. The summed E-state index contributed by atoms with van der Waals surface area (Å²) in [5.41, 5.74) is 1.87. The van der Waals surface area contributed by atoms with Crippen LogP contribution >= 0.6 is 0 Å². The summed E-state index contributed by atoms with van der Waals surface area (Å²) in [6.45, 7) is 3.89. The van der Waals surface area contributed by atoms with Gasteiger partial charge in [0.2, 0.25) is 12.2 Å². The molecule has 1 N–H and O–H groups in total. The zero-order chi connectivity index (χ0) is 25.7. The maximum atomic E-state index is 15.4. The van der Waals surface area contributed by atoms with Crippen molar-refractivity contribution in [2.24, 2.45) is 7.05 Å². The van der Waals surface area contributed by atoms with Gasteiger partial charge in [0.15, 0.2) is 11.5 Å². The van der Waals surface area contributed by atoms with E-state index in [0.717, 1.165) is 11.3 Å². The van der Waals surface area contributed by atoms with Crippen LogP contribution in [0.1, 0.15) is 28.9 Å². The fourth-order valence-corrected chi connectivity index (χ4v) is 4.99. The first-order valence-corrected chi connectivity index (χ1v) is 12.1. The quantitative estimate of drug-likeness (QED) is 0.334. The van der Waals surface area contributed by atoms with E-state index in [1.807, 2.05) is 23.1 Å². The van der Waals surface area contributed by atoms with Gasteiger partial charge in [-0.25, -0.2) is 14.2 Å². The predicted molar refractivity (Wildman–Crippen MR) is 136 cm³/mol. The average Bonchev–Trinajstić information content (AvgIpc) is 3.38. The van der Waals surface area contributed by atoms with Crippen LogP contribution in [0.3, 0.4) is 0 Å². The predicted octanol–water partition coefficient (Wildman–Crippen LogP) is 3.28. The van der Waals surface area contributed by atoms with E-state index in [-0.39, 0.29) is 30.4 Å². The maximum absolute atomic E-state index is 15.4. The van der Waals surface area contributed by atoms with E-state index in [1.54, 1.807) is 30.7 Å². The molecule has 2 aliphatic heterocycles. The van der Waals surface area contributed by atoms with Gasteiger partial charge in [-0.05, 0) is 42.8 Å². The molecule has 6 rings (SSSR count). The third kappa shape index (κ3) is 4.03. The average molecular weight is 505 g/mol. The molecule has 2 aromatic carbocycles. The van der Waals surface area contributed by atoms with E-state index in [0.29, 0.717) is 47.6 Å². The van der Waals surface area contributed by atoms with Gasteiger partial charge in [-0.15, -0.1) is 0 Å². The highest BCUT2D eigenvalue weighted by Crippen LogP contribution is 2.36. The highest BCUT2D eigenvalue weighted by atomic mass is 19.1. The van der Waals surface area contributed by atoms with E-state index < -0.39 is 17.2 Å². The summed E-state index contributed by atoms with van der Waals surface area (Å²) in [6.07, 6.45) is 1.43. The second-order valence-corrected chi connectivity index (χ2v) is 9.12. The smallest absolute Gasteiger partial charge is 0.343 e. The Morgan fingerprint density at radius 1 is 1.22 bits per heavy atom. The fraction of sp³-hybridized carbons (Fsp3) is 0.296. The minimum absolute atomic E-state index is 0.0231. The summed E-state index contributed by atoms with van der Waals surface area (Å²) in [7, 11) is 1.71. The molecular formula is C27H25FN4O5. The monoisotopic (exact) mass is 504 g/mol. The van der Waals surface area contributed by atoms with Crippen LogP contribution in [0, 0.1) is 5.82 Å². The van der Waals surface area contributed by atoms with Crippen molar-refractivity contribution in [3.63, 3.8) is 0 Å². The van der Waals surface area contributed by atoms with E-state index in [4.69, 9.17) is 14.2 Å². The van der Waals surface area contributed by atoms with Crippen molar-refractivity contribution in [2.45, 2.75) is 13.0 Å². The molecule has 4 aromatic rings. The van der Waals surface area contributed by atoms with Gasteiger partial charge in [-0.1, -0.05) is 6.07 Å². The lowest BCUT2D eigenvalue weighted by Gasteiger charge is -2.35. The number of benzene rings is 2. The molecule has 0 spiro atoms. The van der Waals surface area contributed by atoms with Gasteiger partial charge in [-0.2, -0.15) is 0 Å². The number of hydrogen-bond acceptors (Lipinski definition) is 8. The van der Waals surface area contributed by atoms with Gasteiger partial charge >= 0.3 is 5.97 Å².